The van der Waals surface area contributed by atoms with Crippen molar-refractivity contribution in [1.82, 2.24) is 0 Å². The SMILES string of the molecule is CC(C)C[CH2][Sn+4][CH2]CC(C)C.O=S(=O)([O-])[O-].O=S(=O)([O-])[O-]. The van der Waals surface area contributed by atoms with Crippen LogP contribution in [0.5, 0.6) is 0 Å². The van der Waals surface area contributed by atoms with E-state index in [1.165, 1.54) is 12.8 Å². The summed E-state index contributed by atoms with van der Waals surface area (Å²) in [7, 11) is -10.3. The minimum absolute atomic E-state index is 0.0759. The zero-order valence-electron chi connectivity index (χ0n) is 12.6. The Morgan fingerprint density at radius 1 is 0.714 bits per heavy atom. The van der Waals surface area contributed by atoms with Gasteiger partial charge in [0.2, 0.25) is 0 Å². The second-order valence-corrected chi connectivity index (χ2v) is 10.8. The van der Waals surface area contributed by atoms with Gasteiger partial charge in [0.1, 0.15) is 0 Å². The molecule has 0 unspecified atom stereocenters. The predicted octanol–water partition coefficient (Wildman–Crippen LogP) is 0.943. The smallest absolute Gasteiger partial charge is 0.0311 e. The van der Waals surface area contributed by atoms with Crippen molar-refractivity contribution >= 4 is 41.9 Å². The molecule has 0 amide bonds. The molecule has 0 atom stereocenters. The quantitative estimate of drug-likeness (QED) is 0.249. The summed E-state index contributed by atoms with van der Waals surface area (Å²) in [5.41, 5.74) is 0. The molecule has 0 saturated heterocycles. The number of hydrogen-bond donors (Lipinski definition) is 0. The summed E-state index contributed by atoms with van der Waals surface area (Å²) in [5, 5.41) is 0. The van der Waals surface area contributed by atoms with E-state index in [4.69, 9.17) is 35.0 Å². The van der Waals surface area contributed by atoms with E-state index >= 15 is 0 Å². The third-order valence-corrected chi connectivity index (χ3v) is 5.46. The third kappa shape index (κ3) is 96.8. The van der Waals surface area contributed by atoms with Gasteiger partial charge in [0.05, 0.1) is 0 Å². The van der Waals surface area contributed by atoms with E-state index in [0.29, 0.717) is 0 Å². The largest absolute Gasteiger partial charge is 0.759 e. The Labute approximate surface area is 138 Å². The van der Waals surface area contributed by atoms with Crippen LogP contribution in [0.4, 0.5) is 0 Å². The van der Waals surface area contributed by atoms with Crippen LogP contribution < -0.4 is 0 Å². The average molecular weight is 453 g/mol. The average Bonchev–Trinajstić information content (AvgIpc) is 2.10. The number of rotatable bonds is 6. The van der Waals surface area contributed by atoms with E-state index in [-0.39, 0.29) is 21.1 Å². The van der Waals surface area contributed by atoms with Gasteiger partial charge in [-0.15, -0.1) is 0 Å². The molecular weight excluding hydrogens is 431 g/mol. The molecule has 6 radical (unpaired) electrons. The van der Waals surface area contributed by atoms with Crippen molar-refractivity contribution in [1.29, 1.82) is 0 Å². The van der Waals surface area contributed by atoms with Crippen LogP contribution in [0.25, 0.3) is 0 Å². The molecule has 0 N–H and O–H groups in total. The maximum atomic E-state index is 8.52. The maximum Gasteiger partial charge on any atom is 0.0311 e. The Morgan fingerprint density at radius 3 is 1.05 bits per heavy atom. The van der Waals surface area contributed by atoms with Crippen molar-refractivity contribution < 1.29 is 35.0 Å². The Morgan fingerprint density at radius 2 is 0.905 bits per heavy atom. The van der Waals surface area contributed by atoms with Gasteiger partial charge in [0.25, 0.3) is 0 Å². The first kappa shape index (κ1) is 26.4. The molecule has 11 heteroatoms. The fraction of sp³-hybridized carbons (Fsp3) is 1.00. The van der Waals surface area contributed by atoms with E-state index in [2.05, 4.69) is 27.7 Å². The molecule has 0 aliphatic carbocycles. The summed E-state index contributed by atoms with van der Waals surface area (Å²) in [6.45, 7) is 9.34. The molecule has 0 aromatic heterocycles. The van der Waals surface area contributed by atoms with Gasteiger partial charge in [-0.2, -0.15) is 0 Å². The summed E-state index contributed by atoms with van der Waals surface area (Å²) >= 11 is 0.0759. The molecule has 0 aliphatic heterocycles. The predicted molar refractivity (Wildman–Crippen MR) is 75.2 cm³/mol. The summed E-state index contributed by atoms with van der Waals surface area (Å²) in [5.74, 6) is 1.88. The van der Waals surface area contributed by atoms with Crippen LogP contribution in [-0.2, 0) is 20.8 Å². The first-order chi connectivity index (χ1) is 9.13. The van der Waals surface area contributed by atoms with Gasteiger partial charge in [-0.3, -0.25) is 16.8 Å². The molecule has 0 spiro atoms. The molecule has 0 aliphatic rings. The van der Waals surface area contributed by atoms with Crippen LogP contribution in [0.3, 0.4) is 0 Å². The van der Waals surface area contributed by atoms with Gasteiger partial charge < -0.3 is 18.2 Å². The van der Waals surface area contributed by atoms with Gasteiger partial charge in [0.15, 0.2) is 0 Å². The van der Waals surface area contributed by atoms with Crippen molar-refractivity contribution in [2.45, 2.75) is 49.4 Å². The first-order valence-corrected chi connectivity index (χ1v) is 12.9. The standard InChI is InChI=1S/2C5H11.2H2O4S.Sn/c2*1-4-5(2)3;2*1-5(2,3)4;/h2*5H,1,4H2,2-3H3;2*(H2,1,2,3,4);/q;;;;+4/p-4. The molecular formula is C10H22O8S2Sn. The zero-order valence-corrected chi connectivity index (χ0v) is 17.1. The van der Waals surface area contributed by atoms with Gasteiger partial charge in [-0.25, -0.2) is 0 Å². The summed E-state index contributed by atoms with van der Waals surface area (Å²) < 4.78 is 71.4. The summed E-state index contributed by atoms with van der Waals surface area (Å²) in [6.07, 6.45) is 2.98. The van der Waals surface area contributed by atoms with Gasteiger partial charge in [-0.05, 0) is 0 Å². The van der Waals surface area contributed by atoms with Crippen LogP contribution >= 0.6 is 0 Å². The Bertz CT molecular complexity index is 360. The Balaban J connectivity index is -0.000000270. The van der Waals surface area contributed by atoms with Crippen molar-refractivity contribution in [3.05, 3.63) is 0 Å². The number of hydrogen-bond acceptors (Lipinski definition) is 8. The Hall–Kier alpha value is 0.539. The van der Waals surface area contributed by atoms with Crippen LogP contribution in [-0.4, -0.2) is 56.2 Å². The van der Waals surface area contributed by atoms with Crippen LogP contribution in [0.15, 0.2) is 0 Å². The van der Waals surface area contributed by atoms with Crippen molar-refractivity contribution in [3.63, 3.8) is 0 Å². The molecule has 21 heavy (non-hydrogen) atoms. The summed E-state index contributed by atoms with van der Waals surface area (Å²) in [6, 6.07) is 0. The van der Waals surface area contributed by atoms with E-state index in [9.17, 15) is 0 Å². The minimum Gasteiger partial charge on any atom is -0.759 e. The minimum atomic E-state index is -5.17. The van der Waals surface area contributed by atoms with Crippen LogP contribution in [0, 0.1) is 11.8 Å². The summed E-state index contributed by atoms with van der Waals surface area (Å²) in [4.78, 5) is 0. The normalized spacial score (nSPS) is 11.5. The van der Waals surface area contributed by atoms with Gasteiger partial charge in [0, 0.05) is 20.8 Å². The van der Waals surface area contributed by atoms with Crippen LogP contribution in [0.1, 0.15) is 40.5 Å². The third-order valence-electron chi connectivity index (χ3n) is 1.80. The fourth-order valence-corrected chi connectivity index (χ4v) is 6.08. The fourth-order valence-electron chi connectivity index (χ4n) is 0.906. The molecule has 0 aromatic carbocycles. The topological polar surface area (TPSA) is 161 Å². The first-order valence-electron chi connectivity index (χ1n) is 6.17. The molecule has 0 aromatic rings. The molecule has 0 bridgehead atoms. The monoisotopic (exact) mass is 454 g/mol. The second-order valence-electron chi connectivity index (χ2n) is 4.93. The van der Waals surface area contributed by atoms with Crippen molar-refractivity contribution in [2.24, 2.45) is 11.8 Å². The second kappa shape index (κ2) is 14.2. The van der Waals surface area contributed by atoms with E-state index in [1.54, 1.807) is 8.87 Å². The van der Waals surface area contributed by atoms with Crippen LogP contribution in [0.2, 0.25) is 8.87 Å². The Kier molecular flexibility index (Phi) is 17.8. The molecule has 0 saturated carbocycles. The van der Waals surface area contributed by atoms with Gasteiger partial charge >= 0.3 is 82.4 Å². The molecule has 0 heterocycles. The van der Waals surface area contributed by atoms with Crippen molar-refractivity contribution in [3.8, 4) is 0 Å². The molecule has 126 valence electrons. The maximum absolute atomic E-state index is 8.52. The van der Waals surface area contributed by atoms with E-state index in [1.807, 2.05) is 0 Å². The molecule has 0 rings (SSSR count). The van der Waals surface area contributed by atoms with E-state index in [0.717, 1.165) is 11.8 Å². The van der Waals surface area contributed by atoms with E-state index < -0.39 is 20.8 Å². The van der Waals surface area contributed by atoms with Crippen molar-refractivity contribution in [2.75, 3.05) is 0 Å². The molecule has 0 fully saturated rings. The molecule has 8 nitrogen and oxygen atoms in total. The zero-order chi connectivity index (χ0) is 17.7. The van der Waals surface area contributed by atoms with Gasteiger partial charge in [-0.1, -0.05) is 0 Å².